The Labute approximate surface area is 70.8 Å². The largest absolute Gasteiger partial charge is 0.326 e. The zero-order valence-corrected chi connectivity index (χ0v) is 6.61. The third kappa shape index (κ3) is 1.02. The minimum atomic E-state index is -0.424. The van der Waals surface area contributed by atoms with Gasteiger partial charge >= 0.3 is 5.00 Å². The zero-order valence-electron chi connectivity index (χ0n) is 5.80. The number of thiophene rings is 1. The molecule has 2 heterocycles. The molecule has 0 aliphatic carbocycles. The fraction of sp³-hybridized carbons (Fsp3) is 0. The molecule has 0 aliphatic heterocycles. The van der Waals surface area contributed by atoms with Crippen LogP contribution in [0, 0.1) is 10.1 Å². The second-order valence-corrected chi connectivity index (χ2v) is 3.13. The lowest BCUT2D eigenvalue weighted by molar-refractivity contribution is -0.380. The number of nitro groups is 1. The zero-order chi connectivity index (χ0) is 8.55. The summed E-state index contributed by atoms with van der Waals surface area (Å²) in [6, 6.07) is 1.47. The topological polar surface area (TPSA) is 68.9 Å². The Morgan fingerprint density at radius 2 is 2.42 bits per heavy atom. The van der Waals surface area contributed by atoms with Gasteiger partial charge in [-0.1, -0.05) is 0 Å². The molecule has 0 saturated carbocycles. The van der Waals surface area contributed by atoms with Crippen molar-refractivity contribution in [2.45, 2.75) is 0 Å². The van der Waals surface area contributed by atoms with Crippen LogP contribution in [0.4, 0.5) is 5.00 Å². The fourth-order valence-corrected chi connectivity index (χ4v) is 1.65. The third-order valence-electron chi connectivity index (χ3n) is 1.36. The molecule has 12 heavy (non-hydrogen) atoms. The van der Waals surface area contributed by atoms with Gasteiger partial charge in [0.2, 0.25) is 0 Å². The lowest BCUT2D eigenvalue weighted by atomic mass is 10.4. The minimum absolute atomic E-state index is 0.102. The molecule has 0 amide bonds. The lowest BCUT2D eigenvalue weighted by Crippen LogP contribution is -1.80. The van der Waals surface area contributed by atoms with Crippen LogP contribution in [0.3, 0.4) is 0 Å². The third-order valence-corrected chi connectivity index (χ3v) is 2.37. The monoisotopic (exact) mass is 181 g/mol. The molecular weight excluding hydrogens is 178 g/mol. The van der Waals surface area contributed by atoms with Crippen LogP contribution < -0.4 is 0 Å². The van der Waals surface area contributed by atoms with Crippen molar-refractivity contribution in [3.63, 3.8) is 0 Å². The molecule has 5 nitrogen and oxygen atoms in total. The summed E-state index contributed by atoms with van der Waals surface area (Å²) in [4.78, 5) is 18.2. The molecule has 2 rings (SSSR count). The number of aromatic nitrogens is 2. The van der Waals surface area contributed by atoms with E-state index in [1.54, 1.807) is 6.20 Å². The van der Waals surface area contributed by atoms with Crippen molar-refractivity contribution < 1.29 is 4.92 Å². The van der Waals surface area contributed by atoms with Gasteiger partial charge in [0, 0.05) is 17.6 Å². The van der Waals surface area contributed by atoms with Crippen molar-refractivity contribution in [3.05, 3.63) is 28.7 Å². The van der Waals surface area contributed by atoms with Crippen molar-refractivity contribution in [1.29, 1.82) is 0 Å². The highest BCUT2D eigenvalue weighted by Crippen LogP contribution is 2.28. The quantitative estimate of drug-likeness (QED) is 0.495. The van der Waals surface area contributed by atoms with Gasteiger partial charge in [-0.05, 0) is 11.3 Å². The second-order valence-electron chi connectivity index (χ2n) is 2.12. The molecule has 0 atom stereocenters. The first kappa shape index (κ1) is 7.11. The highest BCUT2D eigenvalue weighted by Gasteiger charge is 2.10. The average molecular weight is 181 g/mol. The van der Waals surface area contributed by atoms with Gasteiger partial charge in [0.25, 0.3) is 0 Å². The Hall–Kier alpha value is -1.56. The Kier molecular flexibility index (Phi) is 1.47. The van der Waals surface area contributed by atoms with Gasteiger partial charge in [0.15, 0.2) is 0 Å². The van der Waals surface area contributed by atoms with E-state index in [4.69, 9.17) is 0 Å². The predicted molar refractivity (Wildman–Crippen MR) is 44.1 cm³/mol. The van der Waals surface area contributed by atoms with E-state index in [2.05, 4.69) is 9.97 Å². The first-order chi connectivity index (χ1) is 5.77. The normalized spacial score (nSPS) is 10.3. The molecule has 0 aromatic carbocycles. The molecule has 0 spiro atoms. The second kappa shape index (κ2) is 2.49. The molecule has 0 saturated heterocycles. The maximum absolute atomic E-state index is 10.3. The van der Waals surface area contributed by atoms with Crippen molar-refractivity contribution in [2.24, 2.45) is 0 Å². The SMILES string of the molecule is O=[N+]([O-])c1cc2cncnc2s1. The maximum atomic E-state index is 10.3. The lowest BCUT2D eigenvalue weighted by Gasteiger charge is -1.80. The Morgan fingerprint density at radius 3 is 3.08 bits per heavy atom. The number of nitrogens with zero attached hydrogens (tertiary/aromatic N) is 3. The number of hydrogen-bond acceptors (Lipinski definition) is 5. The van der Waals surface area contributed by atoms with E-state index in [0.29, 0.717) is 10.2 Å². The molecule has 60 valence electrons. The van der Waals surface area contributed by atoms with E-state index in [1.807, 2.05) is 0 Å². The Morgan fingerprint density at radius 1 is 1.58 bits per heavy atom. The highest BCUT2D eigenvalue weighted by molar-refractivity contribution is 7.21. The van der Waals surface area contributed by atoms with Gasteiger partial charge in [0.1, 0.15) is 11.2 Å². The molecule has 0 aliphatic rings. The first-order valence-corrected chi connectivity index (χ1v) is 3.93. The van der Waals surface area contributed by atoms with E-state index in [0.717, 1.165) is 11.3 Å². The summed E-state index contributed by atoms with van der Waals surface area (Å²) in [5.74, 6) is 0. The molecule has 0 unspecified atom stereocenters. The van der Waals surface area contributed by atoms with Crippen LogP contribution in [-0.2, 0) is 0 Å². The summed E-state index contributed by atoms with van der Waals surface area (Å²) in [5, 5.41) is 11.2. The maximum Gasteiger partial charge on any atom is 0.326 e. The first-order valence-electron chi connectivity index (χ1n) is 3.11. The molecule has 0 radical (unpaired) electrons. The van der Waals surface area contributed by atoms with Gasteiger partial charge in [0.05, 0.1) is 4.92 Å². The molecule has 2 aromatic rings. The van der Waals surface area contributed by atoms with E-state index in [1.165, 1.54) is 12.4 Å². The summed E-state index contributed by atoms with van der Waals surface area (Å²) in [6.45, 7) is 0. The molecule has 0 fully saturated rings. The average Bonchev–Trinajstić information content (AvgIpc) is 2.46. The summed E-state index contributed by atoms with van der Waals surface area (Å²) < 4.78 is 0. The minimum Gasteiger partial charge on any atom is -0.258 e. The molecular formula is C6H3N3O2S. The van der Waals surface area contributed by atoms with Crippen molar-refractivity contribution in [2.75, 3.05) is 0 Å². The van der Waals surface area contributed by atoms with Crippen LogP contribution in [-0.4, -0.2) is 14.9 Å². The molecule has 0 bridgehead atoms. The van der Waals surface area contributed by atoms with Crippen LogP contribution in [0.1, 0.15) is 0 Å². The Bertz CT molecular complexity index is 406. The van der Waals surface area contributed by atoms with Crippen LogP contribution in [0.15, 0.2) is 18.6 Å². The molecule has 2 aromatic heterocycles. The standard InChI is InChI=1S/C6H3N3O2S/c10-9(11)5-1-4-2-7-3-8-6(4)12-5/h1-3H. The fourth-order valence-electron chi connectivity index (χ4n) is 0.865. The Balaban J connectivity index is 2.70. The van der Waals surface area contributed by atoms with Gasteiger partial charge < -0.3 is 0 Å². The van der Waals surface area contributed by atoms with E-state index >= 15 is 0 Å². The summed E-state index contributed by atoms with van der Waals surface area (Å²) >= 11 is 1.06. The van der Waals surface area contributed by atoms with Crippen molar-refractivity contribution >= 4 is 26.6 Å². The van der Waals surface area contributed by atoms with Crippen molar-refractivity contribution in [3.8, 4) is 0 Å². The van der Waals surface area contributed by atoms with Gasteiger partial charge in [-0.2, -0.15) is 0 Å². The van der Waals surface area contributed by atoms with Gasteiger partial charge in [-0.25, -0.2) is 9.97 Å². The van der Waals surface area contributed by atoms with Crippen LogP contribution in [0.5, 0.6) is 0 Å². The summed E-state index contributed by atoms with van der Waals surface area (Å²) in [6.07, 6.45) is 2.94. The smallest absolute Gasteiger partial charge is 0.258 e. The summed E-state index contributed by atoms with van der Waals surface area (Å²) in [5.41, 5.74) is 0. The predicted octanol–water partition coefficient (Wildman–Crippen LogP) is 1.60. The molecule has 0 N–H and O–H groups in total. The summed E-state index contributed by atoms with van der Waals surface area (Å²) in [7, 11) is 0. The van der Waals surface area contributed by atoms with Crippen molar-refractivity contribution in [1.82, 2.24) is 9.97 Å². The highest BCUT2D eigenvalue weighted by atomic mass is 32.1. The number of rotatable bonds is 1. The van der Waals surface area contributed by atoms with E-state index in [9.17, 15) is 10.1 Å². The number of hydrogen-bond donors (Lipinski definition) is 0. The van der Waals surface area contributed by atoms with E-state index < -0.39 is 4.92 Å². The van der Waals surface area contributed by atoms with E-state index in [-0.39, 0.29) is 5.00 Å². The van der Waals surface area contributed by atoms with Crippen LogP contribution in [0.25, 0.3) is 10.2 Å². The van der Waals surface area contributed by atoms with Crippen LogP contribution >= 0.6 is 11.3 Å². The van der Waals surface area contributed by atoms with Gasteiger partial charge in [-0.3, -0.25) is 10.1 Å². The van der Waals surface area contributed by atoms with Crippen LogP contribution in [0.2, 0.25) is 0 Å². The van der Waals surface area contributed by atoms with Gasteiger partial charge in [-0.15, -0.1) is 0 Å². The molecule has 6 heteroatoms. The number of fused-ring (bicyclic) bond motifs is 1.